The van der Waals surface area contributed by atoms with Crippen molar-refractivity contribution in [3.63, 3.8) is 0 Å². The number of carbonyl (C=O) groups is 1. The van der Waals surface area contributed by atoms with Gasteiger partial charge in [-0.1, -0.05) is 46.3 Å². The zero-order valence-corrected chi connectivity index (χ0v) is 22.6. The fourth-order valence-electron chi connectivity index (χ4n) is 8.72. The Morgan fingerprint density at radius 2 is 1.83 bits per heavy atom. The molecule has 0 radical (unpaired) electrons. The van der Waals surface area contributed by atoms with E-state index >= 15 is 0 Å². The van der Waals surface area contributed by atoms with Crippen molar-refractivity contribution in [3.05, 3.63) is 11.6 Å². The lowest BCUT2D eigenvalue weighted by atomic mass is 9.47. The van der Waals surface area contributed by atoms with Gasteiger partial charge >= 0.3 is 10.4 Å². The third kappa shape index (κ3) is 4.90. The summed E-state index contributed by atoms with van der Waals surface area (Å²) in [5.41, 5.74) is 1.27. The molecule has 0 spiro atoms. The summed E-state index contributed by atoms with van der Waals surface area (Å²) in [7, 11) is -4.51. The van der Waals surface area contributed by atoms with E-state index in [9.17, 15) is 23.4 Å². The van der Waals surface area contributed by atoms with Gasteiger partial charge in [-0.25, -0.2) is 4.18 Å². The van der Waals surface area contributed by atoms with Crippen LogP contribution in [-0.4, -0.2) is 47.3 Å². The monoisotopic (exact) mass is 512 g/mol. The Bertz CT molecular complexity index is 959. The summed E-state index contributed by atoms with van der Waals surface area (Å²) in [4.78, 5) is 12.6. The molecule has 0 aromatic heterocycles. The van der Waals surface area contributed by atoms with Crippen molar-refractivity contribution in [3.8, 4) is 0 Å². The molecule has 4 aliphatic carbocycles. The topological polar surface area (TPSA) is 121 Å². The average Bonchev–Trinajstić information content (AvgIpc) is 3.10. The second-order valence-corrected chi connectivity index (χ2v) is 13.9. The molecule has 3 fully saturated rings. The standard InChI is InChI=1S/C27H44O7S/c1-15(2)25(30)24(29)12-16(3)19-6-7-20-18-14-23(28)22-13-17(34-35(31,32)33)8-10-27(22,5)21(18)9-11-26(19,20)4/h9,15-20,22-23,25,28,30H,6-8,10-14H2,1-5H3,(H,31,32,33)/t16-,17+,18+,19-,20+,22-,23+,25+,26-,27-/m1/s1. The van der Waals surface area contributed by atoms with E-state index in [0.717, 1.165) is 25.7 Å². The second kappa shape index (κ2) is 9.50. The highest BCUT2D eigenvalue weighted by Gasteiger charge is 2.60. The van der Waals surface area contributed by atoms with Gasteiger partial charge in [-0.2, -0.15) is 8.42 Å². The maximum absolute atomic E-state index is 12.6. The minimum absolute atomic E-state index is 0.0566. The third-order valence-electron chi connectivity index (χ3n) is 10.5. The van der Waals surface area contributed by atoms with Gasteiger partial charge in [0.05, 0.1) is 12.2 Å². The largest absolute Gasteiger partial charge is 0.397 e. The number of aliphatic hydroxyl groups is 2. The van der Waals surface area contributed by atoms with Crippen molar-refractivity contribution in [1.82, 2.24) is 0 Å². The number of allylic oxidation sites excluding steroid dienone is 2. The zero-order chi connectivity index (χ0) is 25.9. The maximum Gasteiger partial charge on any atom is 0.397 e. The van der Waals surface area contributed by atoms with Crippen LogP contribution in [0.2, 0.25) is 0 Å². The molecule has 8 heteroatoms. The summed E-state index contributed by atoms with van der Waals surface area (Å²) >= 11 is 0. The van der Waals surface area contributed by atoms with Gasteiger partial charge in [0.1, 0.15) is 6.10 Å². The molecule has 0 amide bonds. The van der Waals surface area contributed by atoms with E-state index in [1.807, 2.05) is 13.8 Å². The highest BCUT2D eigenvalue weighted by molar-refractivity contribution is 7.80. The molecule has 3 N–H and O–H groups in total. The Kier molecular flexibility index (Phi) is 7.39. The van der Waals surface area contributed by atoms with E-state index in [1.54, 1.807) is 0 Å². The summed E-state index contributed by atoms with van der Waals surface area (Å²) < 4.78 is 36.5. The van der Waals surface area contributed by atoms with Crippen molar-refractivity contribution in [2.75, 3.05) is 0 Å². The van der Waals surface area contributed by atoms with Gasteiger partial charge in [-0.3, -0.25) is 9.35 Å². The summed E-state index contributed by atoms with van der Waals surface area (Å²) in [6.45, 7) is 10.5. The number of Topliss-reactive ketones (excluding diaryl/α,β-unsaturated/α-hetero) is 1. The van der Waals surface area contributed by atoms with Gasteiger partial charge in [0.15, 0.2) is 5.78 Å². The van der Waals surface area contributed by atoms with Crippen molar-refractivity contribution >= 4 is 16.2 Å². The number of carbonyl (C=O) groups excluding carboxylic acids is 1. The molecule has 35 heavy (non-hydrogen) atoms. The fraction of sp³-hybridized carbons (Fsp3) is 0.889. The molecule has 0 saturated heterocycles. The minimum atomic E-state index is -4.51. The van der Waals surface area contributed by atoms with Gasteiger partial charge in [0.2, 0.25) is 0 Å². The molecule has 200 valence electrons. The molecule has 0 unspecified atom stereocenters. The molecule has 0 aromatic carbocycles. The van der Waals surface area contributed by atoms with Crippen molar-refractivity contribution < 1.29 is 32.2 Å². The molecular weight excluding hydrogens is 468 g/mol. The lowest BCUT2D eigenvalue weighted by molar-refractivity contribution is -0.130. The first kappa shape index (κ1) is 27.2. The first-order valence-corrected chi connectivity index (χ1v) is 14.8. The number of rotatable bonds is 7. The molecule has 4 rings (SSSR count). The lowest BCUT2D eigenvalue weighted by Crippen LogP contribution is -2.54. The Labute approximate surface area is 210 Å². The van der Waals surface area contributed by atoms with E-state index in [4.69, 9.17) is 8.74 Å². The van der Waals surface area contributed by atoms with Crippen LogP contribution in [0.4, 0.5) is 0 Å². The van der Waals surface area contributed by atoms with E-state index in [0.29, 0.717) is 37.5 Å². The predicted octanol–water partition coefficient (Wildman–Crippen LogP) is 4.34. The SMILES string of the molecule is CC(C)[C@H](O)C(=O)C[C@@H](C)[C@H]1CC[C@H]2[C@@H]3C[C@H](O)[C@H]4C[C@@H](OS(=O)(=O)O)CC[C@]4(C)C3=CC[C@]12C. The molecule has 10 atom stereocenters. The number of hydrogen-bond acceptors (Lipinski definition) is 6. The second-order valence-electron chi connectivity index (χ2n) is 12.9. The highest BCUT2D eigenvalue weighted by atomic mass is 32.3. The zero-order valence-electron chi connectivity index (χ0n) is 21.8. The van der Waals surface area contributed by atoms with Gasteiger partial charge in [0.25, 0.3) is 0 Å². The Balaban J connectivity index is 1.54. The van der Waals surface area contributed by atoms with Gasteiger partial charge in [-0.05, 0) is 91.3 Å². The molecular formula is C27H44O7S. The van der Waals surface area contributed by atoms with Crippen LogP contribution in [-0.2, 0) is 19.4 Å². The van der Waals surface area contributed by atoms with Gasteiger partial charge < -0.3 is 10.2 Å². The Morgan fingerprint density at radius 3 is 2.46 bits per heavy atom. The van der Waals surface area contributed by atoms with E-state index in [2.05, 4.69) is 26.8 Å². The predicted molar refractivity (Wildman–Crippen MR) is 133 cm³/mol. The average molecular weight is 513 g/mol. The number of fused-ring (bicyclic) bond motifs is 5. The molecule has 4 aliphatic rings. The van der Waals surface area contributed by atoms with Crippen LogP contribution in [0.3, 0.4) is 0 Å². The smallest absolute Gasteiger partial charge is 0.393 e. The first-order chi connectivity index (χ1) is 16.2. The van der Waals surface area contributed by atoms with Crippen molar-refractivity contribution in [2.24, 2.45) is 46.3 Å². The number of aliphatic hydroxyl groups excluding tert-OH is 2. The highest BCUT2D eigenvalue weighted by Crippen LogP contribution is 2.66. The number of hydrogen-bond donors (Lipinski definition) is 3. The summed E-state index contributed by atoms with van der Waals surface area (Å²) in [5.74, 6) is 1.11. The molecule has 3 saturated carbocycles. The van der Waals surface area contributed by atoms with Crippen LogP contribution in [0.15, 0.2) is 11.6 Å². The normalized spacial score (nSPS) is 43.1. The lowest BCUT2D eigenvalue weighted by Gasteiger charge is -2.58. The van der Waals surface area contributed by atoms with Crippen LogP contribution in [0.25, 0.3) is 0 Å². The maximum atomic E-state index is 12.6. The van der Waals surface area contributed by atoms with Crippen LogP contribution >= 0.6 is 0 Å². The van der Waals surface area contributed by atoms with Gasteiger partial charge in [0, 0.05) is 6.42 Å². The van der Waals surface area contributed by atoms with E-state index < -0.39 is 28.7 Å². The quantitative estimate of drug-likeness (QED) is 0.343. The summed E-state index contributed by atoms with van der Waals surface area (Å²) in [6.07, 6.45) is 6.20. The Hall–Kier alpha value is -0.800. The summed E-state index contributed by atoms with van der Waals surface area (Å²) in [5, 5.41) is 21.5. The van der Waals surface area contributed by atoms with Crippen LogP contribution < -0.4 is 0 Å². The first-order valence-electron chi connectivity index (χ1n) is 13.4. The molecule has 0 aromatic rings. The van der Waals surface area contributed by atoms with Crippen molar-refractivity contribution in [1.29, 1.82) is 0 Å². The van der Waals surface area contributed by atoms with E-state index in [1.165, 1.54) is 5.57 Å². The van der Waals surface area contributed by atoms with Crippen molar-refractivity contribution in [2.45, 2.75) is 104 Å². The van der Waals surface area contributed by atoms with Crippen LogP contribution in [0.1, 0.15) is 86.0 Å². The molecule has 7 nitrogen and oxygen atoms in total. The molecule has 0 aliphatic heterocycles. The van der Waals surface area contributed by atoms with Crippen LogP contribution in [0.5, 0.6) is 0 Å². The van der Waals surface area contributed by atoms with Gasteiger partial charge in [-0.15, -0.1) is 0 Å². The Morgan fingerprint density at radius 1 is 1.14 bits per heavy atom. The summed E-state index contributed by atoms with van der Waals surface area (Å²) in [6, 6.07) is 0. The fourth-order valence-corrected chi connectivity index (χ4v) is 9.24. The minimum Gasteiger partial charge on any atom is -0.393 e. The number of ketones is 1. The molecule has 0 heterocycles. The third-order valence-corrected chi connectivity index (χ3v) is 11.0. The van der Waals surface area contributed by atoms with E-state index in [-0.39, 0.29) is 40.3 Å². The van der Waals surface area contributed by atoms with Crippen LogP contribution in [0, 0.1) is 46.3 Å². The molecule has 0 bridgehead atoms.